The van der Waals surface area contributed by atoms with Gasteiger partial charge in [-0.25, -0.2) is 4.98 Å². The van der Waals surface area contributed by atoms with Gasteiger partial charge < -0.3 is 10.4 Å². The van der Waals surface area contributed by atoms with Crippen LogP contribution in [0.4, 0.5) is 10.8 Å². The zero-order valence-electron chi connectivity index (χ0n) is 9.61. The molecule has 0 aliphatic rings. The van der Waals surface area contributed by atoms with E-state index < -0.39 is 5.97 Å². The highest BCUT2D eigenvalue weighted by Crippen LogP contribution is 2.26. The van der Waals surface area contributed by atoms with Gasteiger partial charge in [0.2, 0.25) is 0 Å². The largest absolute Gasteiger partial charge is 0.481 e. The van der Waals surface area contributed by atoms with E-state index in [1.807, 2.05) is 19.1 Å². The van der Waals surface area contributed by atoms with Gasteiger partial charge in [0.15, 0.2) is 5.13 Å². The van der Waals surface area contributed by atoms with E-state index in [2.05, 4.69) is 10.3 Å². The predicted molar refractivity (Wildman–Crippen MR) is 72.9 cm³/mol. The Bertz CT molecular complexity index is 566. The fourth-order valence-corrected chi connectivity index (χ4v) is 2.54. The average molecular weight is 283 g/mol. The quantitative estimate of drug-likeness (QED) is 0.901. The Balaban J connectivity index is 2.14. The molecule has 0 aliphatic heterocycles. The lowest BCUT2D eigenvalue weighted by molar-refractivity contribution is -0.136. The highest BCUT2D eigenvalue weighted by Gasteiger charge is 2.10. The summed E-state index contributed by atoms with van der Waals surface area (Å²) < 4.78 is 0. The Morgan fingerprint density at radius 2 is 2.11 bits per heavy atom. The van der Waals surface area contributed by atoms with Gasteiger partial charge in [-0.1, -0.05) is 11.6 Å². The zero-order chi connectivity index (χ0) is 13.1. The molecule has 1 aromatic heterocycles. The van der Waals surface area contributed by atoms with Gasteiger partial charge in [-0.3, -0.25) is 4.79 Å². The Morgan fingerprint density at radius 1 is 1.44 bits per heavy atom. The molecule has 0 atom stereocenters. The lowest BCUT2D eigenvalue weighted by Gasteiger charge is -2.01. The van der Waals surface area contributed by atoms with Crippen LogP contribution in [0.2, 0.25) is 5.02 Å². The van der Waals surface area contributed by atoms with E-state index in [1.165, 1.54) is 11.3 Å². The van der Waals surface area contributed by atoms with Crippen molar-refractivity contribution in [3.8, 4) is 0 Å². The van der Waals surface area contributed by atoms with Crippen LogP contribution < -0.4 is 5.32 Å². The van der Waals surface area contributed by atoms with Gasteiger partial charge in [0.05, 0.1) is 12.1 Å². The summed E-state index contributed by atoms with van der Waals surface area (Å²) in [5, 5.41) is 13.2. The molecule has 2 N–H and O–H groups in total. The van der Waals surface area contributed by atoms with Gasteiger partial charge in [0, 0.05) is 15.6 Å². The van der Waals surface area contributed by atoms with Crippen molar-refractivity contribution in [3.05, 3.63) is 39.9 Å². The van der Waals surface area contributed by atoms with Crippen molar-refractivity contribution in [2.45, 2.75) is 13.3 Å². The number of thiazole rings is 1. The number of rotatable bonds is 4. The molecule has 0 spiro atoms. The first-order valence-electron chi connectivity index (χ1n) is 5.25. The molecular formula is C12H11ClN2O2S. The number of carboxylic acid groups (broad SMARTS) is 1. The third-order valence-corrected chi connectivity index (χ3v) is 3.62. The molecule has 0 saturated carbocycles. The van der Waals surface area contributed by atoms with Gasteiger partial charge in [-0.2, -0.15) is 0 Å². The van der Waals surface area contributed by atoms with E-state index in [9.17, 15) is 4.79 Å². The molecular weight excluding hydrogens is 272 g/mol. The van der Waals surface area contributed by atoms with Crippen molar-refractivity contribution in [1.82, 2.24) is 4.98 Å². The number of hydrogen-bond acceptors (Lipinski definition) is 4. The maximum absolute atomic E-state index is 10.7. The number of carboxylic acids is 1. The average Bonchev–Trinajstić information content (AvgIpc) is 2.62. The smallest absolute Gasteiger partial charge is 0.308 e. The van der Waals surface area contributed by atoms with Crippen LogP contribution in [0.5, 0.6) is 0 Å². The number of aromatic nitrogens is 1. The first-order valence-corrected chi connectivity index (χ1v) is 6.45. The van der Waals surface area contributed by atoms with Crippen LogP contribution in [0.15, 0.2) is 24.3 Å². The van der Waals surface area contributed by atoms with Crippen molar-refractivity contribution >= 4 is 39.7 Å². The SMILES string of the molecule is Cc1nc(Nc2ccc(Cl)cc2)sc1CC(=O)O. The van der Waals surface area contributed by atoms with Crippen LogP contribution in [-0.2, 0) is 11.2 Å². The molecule has 1 heterocycles. The second kappa shape index (κ2) is 5.37. The number of aliphatic carboxylic acids is 1. The Hall–Kier alpha value is -1.59. The van der Waals surface area contributed by atoms with Gasteiger partial charge in [0.1, 0.15) is 0 Å². The van der Waals surface area contributed by atoms with Gasteiger partial charge in [-0.15, -0.1) is 11.3 Å². The molecule has 1 aromatic carbocycles. The minimum absolute atomic E-state index is 0.00575. The number of nitrogens with zero attached hydrogens (tertiary/aromatic N) is 1. The summed E-state index contributed by atoms with van der Waals surface area (Å²) in [6.07, 6.45) is 0.00575. The summed E-state index contributed by atoms with van der Waals surface area (Å²) in [6.45, 7) is 1.81. The van der Waals surface area contributed by atoms with Crippen molar-refractivity contribution in [1.29, 1.82) is 0 Å². The summed E-state index contributed by atoms with van der Waals surface area (Å²) >= 11 is 7.15. The number of benzene rings is 1. The molecule has 94 valence electrons. The normalized spacial score (nSPS) is 10.3. The fourth-order valence-electron chi connectivity index (χ4n) is 1.44. The number of nitrogens with one attached hydrogen (secondary N) is 1. The lowest BCUT2D eigenvalue weighted by atomic mass is 10.3. The van der Waals surface area contributed by atoms with Crippen molar-refractivity contribution in [3.63, 3.8) is 0 Å². The molecule has 0 saturated heterocycles. The summed E-state index contributed by atoms with van der Waals surface area (Å²) in [5.41, 5.74) is 1.62. The Morgan fingerprint density at radius 3 is 2.72 bits per heavy atom. The molecule has 2 rings (SSSR count). The number of aryl methyl sites for hydroxylation is 1. The molecule has 0 fully saturated rings. The molecule has 0 bridgehead atoms. The minimum atomic E-state index is -0.847. The standard InChI is InChI=1S/C12H11ClN2O2S/c1-7-10(6-11(16)17)18-12(14-7)15-9-4-2-8(13)3-5-9/h2-5H,6H2,1H3,(H,14,15)(H,16,17). The van der Waals surface area contributed by atoms with E-state index in [-0.39, 0.29) is 6.42 Å². The number of hydrogen-bond donors (Lipinski definition) is 2. The van der Waals surface area contributed by atoms with Gasteiger partial charge >= 0.3 is 5.97 Å². The summed E-state index contributed by atoms with van der Waals surface area (Å²) in [4.78, 5) is 15.7. The van der Waals surface area contributed by atoms with Crippen molar-refractivity contribution in [2.75, 3.05) is 5.32 Å². The zero-order valence-corrected chi connectivity index (χ0v) is 11.2. The van der Waals surface area contributed by atoms with Crippen LogP contribution in [-0.4, -0.2) is 16.1 Å². The van der Waals surface area contributed by atoms with Crippen LogP contribution in [0.3, 0.4) is 0 Å². The van der Waals surface area contributed by atoms with Crippen molar-refractivity contribution in [2.24, 2.45) is 0 Å². The summed E-state index contributed by atoms with van der Waals surface area (Å²) in [7, 11) is 0. The molecule has 0 amide bonds. The molecule has 18 heavy (non-hydrogen) atoms. The molecule has 4 nitrogen and oxygen atoms in total. The first-order chi connectivity index (χ1) is 8.54. The number of halogens is 1. The number of carbonyl (C=O) groups is 1. The van der Waals surface area contributed by atoms with Crippen LogP contribution >= 0.6 is 22.9 Å². The topological polar surface area (TPSA) is 62.2 Å². The Kier molecular flexibility index (Phi) is 3.84. The second-order valence-electron chi connectivity index (χ2n) is 3.73. The summed E-state index contributed by atoms with van der Waals surface area (Å²) in [6, 6.07) is 7.25. The third kappa shape index (κ3) is 3.21. The number of anilines is 2. The lowest BCUT2D eigenvalue weighted by Crippen LogP contribution is -1.99. The van der Waals surface area contributed by atoms with Gasteiger partial charge in [-0.05, 0) is 31.2 Å². The minimum Gasteiger partial charge on any atom is -0.481 e. The maximum Gasteiger partial charge on any atom is 0.308 e. The monoisotopic (exact) mass is 282 g/mol. The highest BCUT2D eigenvalue weighted by molar-refractivity contribution is 7.15. The van der Waals surface area contributed by atoms with E-state index >= 15 is 0 Å². The summed E-state index contributed by atoms with van der Waals surface area (Å²) in [5.74, 6) is -0.847. The van der Waals surface area contributed by atoms with Crippen LogP contribution in [0.25, 0.3) is 0 Å². The third-order valence-electron chi connectivity index (χ3n) is 2.30. The molecule has 0 aliphatic carbocycles. The second-order valence-corrected chi connectivity index (χ2v) is 5.25. The maximum atomic E-state index is 10.7. The van der Waals surface area contributed by atoms with E-state index in [0.717, 1.165) is 16.3 Å². The molecule has 2 aromatic rings. The van der Waals surface area contributed by atoms with E-state index in [1.54, 1.807) is 12.1 Å². The van der Waals surface area contributed by atoms with E-state index in [0.29, 0.717) is 10.2 Å². The van der Waals surface area contributed by atoms with Crippen molar-refractivity contribution < 1.29 is 9.90 Å². The molecule has 6 heteroatoms. The van der Waals surface area contributed by atoms with Crippen LogP contribution in [0, 0.1) is 6.92 Å². The first kappa shape index (κ1) is 12.9. The van der Waals surface area contributed by atoms with Crippen LogP contribution in [0.1, 0.15) is 10.6 Å². The molecule has 0 unspecified atom stereocenters. The Labute approximate surface area is 113 Å². The fraction of sp³-hybridized carbons (Fsp3) is 0.167. The highest BCUT2D eigenvalue weighted by atomic mass is 35.5. The predicted octanol–water partition coefficient (Wildman–Crippen LogP) is 3.48. The molecule has 0 radical (unpaired) electrons. The van der Waals surface area contributed by atoms with Gasteiger partial charge in [0.25, 0.3) is 0 Å². The van der Waals surface area contributed by atoms with E-state index in [4.69, 9.17) is 16.7 Å².